The van der Waals surface area contributed by atoms with Crippen LogP contribution in [0.4, 0.5) is 0 Å². The predicted octanol–water partition coefficient (Wildman–Crippen LogP) is 2.92. The second-order valence-electron chi connectivity index (χ2n) is 5.40. The van der Waals surface area contributed by atoms with Gasteiger partial charge in [0.1, 0.15) is 5.78 Å². The number of rotatable bonds is 4. The second-order valence-corrected chi connectivity index (χ2v) is 5.40. The zero-order valence-electron chi connectivity index (χ0n) is 11.8. The van der Waals surface area contributed by atoms with Crippen molar-refractivity contribution < 1.29 is 9.59 Å². The summed E-state index contributed by atoms with van der Waals surface area (Å²) in [4.78, 5) is 21.2. The molecule has 0 heterocycles. The van der Waals surface area contributed by atoms with Crippen molar-refractivity contribution >= 4 is 11.7 Å². The Morgan fingerprint density at radius 2 is 1.25 bits per heavy atom. The van der Waals surface area contributed by atoms with Crippen molar-refractivity contribution in [2.24, 2.45) is 16.6 Å². The topological polar surface area (TPSA) is 60.2 Å². The third-order valence-corrected chi connectivity index (χ3v) is 3.39. The number of ketones is 1. The lowest BCUT2D eigenvalue weighted by Gasteiger charge is -2.17. The first kappa shape index (κ1) is 17.5. The van der Waals surface area contributed by atoms with Gasteiger partial charge in [-0.1, -0.05) is 41.5 Å². The van der Waals surface area contributed by atoms with Crippen LogP contribution in [0.5, 0.6) is 0 Å². The fraction of sp³-hybridized carbons (Fsp3) is 0.846. The largest absolute Gasteiger partial charge is 0.369 e. The van der Waals surface area contributed by atoms with E-state index in [2.05, 4.69) is 0 Å². The zero-order valence-corrected chi connectivity index (χ0v) is 11.8. The van der Waals surface area contributed by atoms with E-state index >= 15 is 0 Å². The molecule has 0 aliphatic carbocycles. The van der Waals surface area contributed by atoms with Crippen LogP contribution in [-0.2, 0) is 9.59 Å². The van der Waals surface area contributed by atoms with Gasteiger partial charge in [0.25, 0.3) is 0 Å². The Balaban J connectivity index is 0. The van der Waals surface area contributed by atoms with Gasteiger partial charge in [0.15, 0.2) is 0 Å². The lowest BCUT2D eigenvalue weighted by molar-refractivity contribution is -0.126. The van der Waals surface area contributed by atoms with E-state index in [1.165, 1.54) is 0 Å². The fourth-order valence-electron chi connectivity index (χ4n) is 0.423. The van der Waals surface area contributed by atoms with Gasteiger partial charge in [0, 0.05) is 10.8 Å². The van der Waals surface area contributed by atoms with Gasteiger partial charge in [-0.15, -0.1) is 0 Å². The summed E-state index contributed by atoms with van der Waals surface area (Å²) in [5.41, 5.74) is 4.63. The van der Waals surface area contributed by atoms with Gasteiger partial charge >= 0.3 is 0 Å². The molecule has 96 valence electrons. The molecule has 0 saturated heterocycles. The Morgan fingerprint density at radius 3 is 1.25 bits per heavy atom. The van der Waals surface area contributed by atoms with Gasteiger partial charge in [-0.25, -0.2) is 0 Å². The highest BCUT2D eigenvalue weighted by Crippen LogP contribution is 2.19. The lowest BCUT2D eigenvalue weighted by Crippen LogP contribution is -2.30. The molecule has 3 nitrogen and oxygen atoms in total. The van der Waals surface area contributed by atoms with Crippen LogP contribution in [0.3, 0.4) is 0 Å². The fourth-order valence-corrected chi connectivity index (χ4v) is 0.423. The Kier molecular flexibility index (Phi) is 7.30. The summed E-state index contributed by atoms with van der Waals surface area (Å²) < 4.78 is 0. The normalized spacial score (nSPS) is 11.4. The van der Waals surface area contributed by atoms with Crippen LogP contribution in [0.1, 0.15) is 61.3 Å². The maximum absolute atomic E-state index is 10.7. The Hall–Kier alpha value is -0.860. The summed E-state index contributed by atoms with van der Waals surface area (Å²) in [6.07, 6.45) is 1.74. The Morgan fingerprint density at radius 1 is 0.938 bits per heavy atom. The molecule has 2 N–H and O–H groups in total. The van der Waals surface area contributed by atoms with Gasteiger partial charge in [-0.2, -0.15) is 0 Å². The van der Waals surface area contributed by atoms with Crippen LogP contribution in [0.15, 0.2) is 0 Å². The van der Waals surface area contributed by atoms with E-state index in [4.69, 9.17) is 5.73 Å². The molecular weight excluding hydrogens is 202 g/mol. The highest BCUT2D eigenvalue weighted by Gasteiger charge is 2.21. The average Bonchev–Trinajstić information content (AvgIpc) is 2.18. The van der Waals surface area contributed by atoms with Gasteiger partial charge < -0.3 is 5.73 Å². The number of hydrogen-bond donors (Lipinski definition) is 1. The first-order valence-corrected chi connectivity index (χ1v) is 5.82. The summed E-state index contributed by atoms with van der Waals surface area (Å²) in [6.45, 7) is 13.2. The van der Waals surface area contributed by atoms with Gasteiger partial charge in [-0.05, 0) is 19.8 Å². The van der Waals surface area contributed by atoms with Gasteiger partial charge in [-0.3, -0.25) is 9.59 Å². The molecule has 0 unspecified atom stereocenters. The molecule has 0 aromatic rings. The molecule has 0 rings (SSSR count). The van der Waals surface area contributed by atoms with E-state index in [-0.39, 0.29) is 22.5 Å². The monoisotopic (exact) mass is 229 g/mol. The molecule has 1 amide bonds. The number of amides is 1. The third-order valence-electron chi connectivity index (χ3n) is 3.39. The maximum atomic E-state index is 10.7. The summed E-state index contributed by atoms with van der Waals surface area (Å²) in [5, 5.41) is 0. The smallest absolute Gasteiger partial charge is 0.223 e. The minimum atomic E-state index is -0.319. The molecule has 16 heavy (non-hydrogen) atoms. The van der Waals surface area contributed by atoms with Crippen molar-refractivity contribution in [3.8, 4) is 0 Å². The molecule has 3 heteroatoms. The van der Waals surface area contributed by atoms with Gasteiger partial charge in [0.05, 0.1) is 0 Å². The van der Waals surface area contributed by atoms with Crippen LogP contribution in [-0.4, -0.2) is 11.7 Å². The molecule has 0 saturated carbocycles. The number of carbonyl (C=O) groups excluding carboxylic acids is 2. The standard InChI is InChI=1S/C7H14O.C6H13NO/c1-5-7(3,4)6(2)8;1-4-6(2,3)5(7)8/h5H2,1-4H3;4H2,1-3H3,(H2,7,8). The molecule has 0 fully saturated rings. The van der Waals surface area contributed by atoms with E-state index in [0.717, 1.165) is 12.8 Å². The van der Waals surface area contributed by atoms with Crippen molar-refractivity contribution in [1.82, 2.24) is 0 Å². The van der Waals surface area contributed by atoms with Crippen molar-refractivity contribution in [3.63, 3.8) is 0 Å². The molecule has 0 bridgehead atoms. The van der Waals surface area contributed by atoms with E-state index in [1.807, 2.05) is 41.5 Å². The summed E-state index contributed by atoms with van der Waals surface area (Å²) >= 11 is 0. The van der Waals surface area contributed by atoms with E-state index in [0.29, 0.717) is 0 Å². The number of nitrogens with two attached hydrogens (primary N) is 1. The molecule has 0 radical (unpaired) electrons. The summed E-state index contributed by atoms with van der Waals surface area (Å²) in [6, 6.07) is 0. The quantitative estimate of drug-likeness (QED) is 0.805. The Labute approximate surface area is 99.8 Å². The second kappa shape index (κ2) is 6.66. The number of Topliss-reactive ketones (excluding diaryl/α,β-unsaturated/α-hetero) is 1. The molecule has 0 aromatic carbocycles. The molecule has 0 atom stereocenters. The van der Waals surface area contributed by atoms with E-state index in [1.54, 1.807) is 6.92 Å². The molecule has 0 aliphatic rings. The number of carbonyl (C=O) groups is 2. The zero-order chi connectivity index (χ0) is 13.6. The molecular formula is C13H27NO2. The van der Waals surface area contributed by atoms with Gasteiger partial charge in [0.2, 0.25) is 5.91 Å². The maximum Gasteiger partial charge on any atom is 0.223 e. The van der Waals surface area contributed by atoms with Crippen LogP contribution in [0.25, 0.3) is 0 Å². The summed E-state index contributed by atoms with van der Waals surface area (Å²) in [5.74, 6) is 0.0556. The highest BCUT2D eigenvalue weighted by atomic mass is 16.1. The van der Waals surface area contributed by atoms with Crippen LogP contribution < -0.4 is 5.73 Å². The Bertz CT molecular complexity index is 216. The van der Waals surface area contributed by atoms with Crippen molar-refractivity contribution in [2.45, 2.75) is 61.3 Å². The summed E-state index contributed by atoms with van der Waals surface area (Å²) in [7, 11) is 0. The average molecular weight is 229 g/mol. The number of hydrogen-bond acceptors (Lipinski definition) is 2. The minimum Gasteiger partial charge on any atom is -0.369 e. The van der Waals surface area contributed by atoms with Crippen molar-refractivity contribution in [2.75, 3.05) is 0 Å². The van der Waals surface area contributed by atoms with Crippen LogP contribution >= 0.6 is 0 Å². The SMILES string of the molecule is CCC(C)(C)C(C)=O.CCC(C)(C)C(N)=O. The minimum absolute atomic E-state index is 0.0972. The van der Waals surface area contributed by atoms with E-state index in [9.17, 15) is 9.59 Å². The molecule has 0 aromatic heterocycles. The predicted molar refractivity (Wildman–Crippen MR) is 68.0 cm³/mol. The van der Waals surface area contributed by atoms with Crippen LogP contribution in [0, 0.1) is 10.8 Å². The first-order valence-electron chi connectivity index (χ1n) is 5.82. The van der Waals surface area contributed by atoms with Crippen molar-refractivity contribution in [1.29, 1.82) is 0 Å². The van der Waals surface area contributed by atoms with Crippen molar-refractivity contribution in [3.05, 3.63) is 0 Å². The van der Waals surface area contributed by atoms with E-state index < -0.39 is 0 Å². The number of primary amides is 1. The lowest BCUT2D eigenvalue weighted by atomic mass is 9.86. The first-order chi connectivity index (χ1) is 7.01. The highest BCUT2D eigenvalue weighted by molar-refractivity contribution is 5.81. The third kappa shape index (κ3) is 6.59. The molecule has 0 aliphatic heterocycles. The van der Waals surface area contributed by atoms with Crippen LogP contribution in [0.2, 0.25) is 0 Å². The molecule has 0 spiro atoms.